The molecule has 0 bridgehead atoms. The van der Waals surface area contributed by atoms with Gasteiger partial charge in [0.25, 0.3) is 0 Å². The molecule has 0 amide bonds. The van der Waals surface area contributed by atoms with Gasteiger partial charge in [-0.25, -0.2) is 0 Å². The van der Waals surface area contributed by atoms with Crippen LogP contribution in [0, 0.1) is 0 Å². The van der Waals surface area contributed by atoms with Gasteiger partial charge in [-0.2, -0.15) is 0 Å². The van der Waals surface area contributed by atoms with Crippen LogP contribution in [0.15, 0.2) is 170 Å². The lowest BCUT2D eigenvalue weighted by Gasteiger charge is -2.12. The summed E-state index contributed by atoms with van der Waals surface area (Å²) in [6.07, 6.45) is 3.83. The molecule has 0 unspecified atom stereocenters. The fourth-order valence-electron chi connectivity index (χ4n) is 7.94. The molecule has 0 N–H and O–H groups in total. The average Bonchev–Trinajstić information content (AvgIpc) is 3.79. The lowest BCUT2D eigenvalue weighted by atomic mass is 9.94. The Balaban J connectivity index is 0.959. The smallest absolute Gasteiger partial charge is 0.0970 e. The molecule has 11 rings (SSSR count). The van der Waals surface area contributed by atoms with Gasteiger partial charge in [0.05, 0.1) is 11.0 Å². The zero-order valence-electron chi connectivity index (χ0n) is 27.9. The highest BCUT2D eigenvalue weighted by Crippen LogP contribution is 2.42. The van der Waals surface area contributed by atoms with Gasteiger partial charge in [-0.3, -0.25) is 9.97 Å². The summed E-state index contributed by atoms with van der Waals surface area (Å²) < 4.78 is 5.32. The van der Waals surface area contributed by atoms with Crippen LogP contribution in [0.1, 0.15) is 0 Å². The fourth-order valence-corrected chi connectivity index (χ4v) is 10.4. The van der Waals surface area contributed by atoms with Crippen LogP contribution in [0.3, 0.4) is 0 Å². The minimum Gasteiger partial charge on any atom is -0.254 e. The first-order valence-corrected chi connectivity index (χ1v) is 19.1. The number of aromatic nitrogens is 2. The van der Waals surface area contributed by atoms with E-state index in [0.29, 0.717) is 0 Å². The van der Waals surface area contributed by atoms with Gasteiger partial charge in [-0.1, -0.05) is 133 Å². The zero-order valence-corrected chi connectivity index (χ0v) is 29.5. The minimum absolute atomic E-state index is 0.920. The Kier molecular flexibility index (Phi) is 6.63. The van der Waals surface area contributed by atoms with Crippen molar-refractivity contribution in [3.05, 3.63) is 170 Å². The molecule has 4 heterocycles. The molecule has 242 valence electrons. The molecule has 11 aromatic rings. The van der Waals surface area contributed by atoms with Crippen LogP contribution in [0.2, 0.25) is 0 Å². The molecule has 0 saturated carbocycles. The van der Waals surface area contributed by atoms with Gasteiger partial charge in [0.15, 0.2) is 0 Å². The van der Waals surface area contributed by atoms with Crippen molar-refractivity contribution < 1.29 is 0 Å². The highest BCUT2D eigenvalue weighted by atomic mass is 32.1. The van der Waals surface area contributed by atoms with Crippen molar-refractivity contribution in [1.82, 2.24) is 9.97 Å². The number of thiophene rings is 2. The zero-order chi connectivity index (χ0) is 34.2. The van der Waals surface area contributed by atoms with Crippen LogP contribution in [-0.4, -0.2) is 9.97 Å². The highest BCUT2D eigenvalue weighted by molar-refractivity contribution is 7.26. The molecule has 0 radical (unpaired) electrons. The Morgan fingerprint density at radius 2 is 0.673 bits per heavy atom. The van der Waals surface area contributed by atoms with Gasteiger partial charge in [-0.05, 0) is 68.8 Å². The van der Waals surface area contributed by atoms with Gasteiger partial charge in [0.2, 0.25) is 0 Å². The van der Waals surface area contributed by atoms with Crippen molar-refractivity contribution in [3.8, 4) is 44.5 Å². The van der Waals surface area contributed by atoms with E-state index in [1.54, 1.807) is 0 Å². The quantitative estimate of drug-likeness (QED) is 0.171. The van der Waals surface area contributed by atoms with Gasteiger partial charge in [0, 0.05) is 63.5 Å². The Morgan fingerprint density at radius 3 is 1.12 bits per heavy atom. The molecule has 4 heteroatoms. The third-order valence-electron chi connectivity index (χ3n) is 10.4. The molecule has 0 saturated heterocycles. The van der Waals surface area contributed by atoms with E-state index in [4.69, 9.17) is 9.97 Å². The van der Waals surface area contributed by atoms with Crippen LogP contribution in [0.4, 0.5) is 0 Å². The summed E-state index contributed by atoms with van der Waals surface area (Å²) in [5.74, 6) is 0. The number of pyridine rings is 2. The molecule has 52 heavy (non-hydrogen) atoms. The normalized spacial score (nSPS) is 11.8. The summed E-state index contributed by atoms with van der Waals surface area (Å²) in [5.41, 5.74) is 11.5. The summed E-state index contributed by atoms with van der Waals surface area (Å²) in [5, 5.41) is 7.50. The fraction of sp³-hybridized carbons (Fsp3) is 0. The molecule has 0 spiro atoms. The lowest BCUT2D eigenvalue weighted by molar-refractivity contribution is 1.37. The SMILES string of the molecule is c1ccc2c(c1)sc1c(-c3ccc(-c4ccnc5c4ccc4c(-c6ccc(-c7cccc8c7sc7ccccc78)cc6)ccnc45)cc3)cccc12. The Hall–Kier alpha value is -6.20. The van der Waals surface area contributed by atoms with Crippen molar-refractivity contribution in [2.75, 3.05) is 0 Å². The summed E-state index contributed by atoms with van der Waals surface area (Å²) in [6, 6.07) is 57.3. The second kappa shape index (κ2) is 11.7. The Bertz CT molecular complexity index is 2950. The van der Waals surface area contributed by atoms with E-state index in [1.807, 2.05) is 35.1 Å². The number of fused-ring (bicyclic) bond motifs is 9. The third kappa shape index (κ3) is 4.55. The summed E-state index contributed by atoms with van der Waals surface area (Å²) in [4.78, 5) is 9.78. The second-order valence-corrected chi connectivity index (χ2v) is 15.4. The monoisotopic (exact) mass is 696 g/mol. The largest absolute Gasteiger partial charge is 0.254 e. The molecule has 0 aliphatic carbocycles. The van der Waals surface area contributed by atoms with E-state index in [-0.39, 0.29) is 0 Å². The molecule has 0 fully saturated rings. The van der Waals surface area contributed by atoms with Gasteiger partial charge in [0.1, 0.15) is 0 Å². The maximum Gasteiger partial charge on any atom is 0.0970 e. The standard InChI is InChI=1S/C48H28N2S2/c1-3-13-43-37(7-1)41-11-5-9-35(47(41)51-43)31-19-15-29(16-20-31)33-25-27-49-45-39(33)23-24-40-34(26-28-50-46(40)45)30-17-21-32(22-18-30)36-10-6-12-42-38-8-2-4-14-44(38)52-48(36)42/h1-28H. The van der Waals surface area contributed by atoms with Gasteiger partial charge in [-0.15, -0.1) is 22.7 Å². The number of rotatable bonds is 4. The number of hydrogen-bond acceptors (Lipinski definition) is 4. The van der Waals surface area contributed by atoms with Crippen LogP contribution in [0.5, 0.6) is 0 Å². The average molecular weight is 697 g/mol. The van der Waals surface area contributed by atoms with Crippen LogP contribution in [0.25, 0.3) is 107 Å². The van der Waals surface area contributed by atoms with Crippen molar-refractivity contribution >= 4 is 84.8 Å². The van der Waals surface area contributed by atoms with E-state index >= 15 is 0 Å². The number of benzene rings is 7. The van der Waals surface area contributed by atoms with E-state index in [2.05, 4.69) is 158 Å². The maximum atomic E-state index is 4.89. The third-order valence-corrected chi connectivity index (χ3v) is 12.9. The molecule has 0 aliphatic rings. The topological polar surface area (TPSA) is 25.8 Å². The summed E-state index contributed by atoms with van der Waals surface area (Å²) >= 11 is 3.74. The molecule has 2 nitrogen and oxygen atoms in total. The highest BCUT2D eigenvalue weighted by Gasteiger charge is 2.15. The second-order valence-electron chi connectivity index (χ2n) is 13.3. The van der Waals surface area contributed by atoms with Crippen molar-refractivity contribution in [2.45, 2.75) is 0 Å². The van der Waals surface area contributed by atoms with E-state index in [9.17, 15) is 0 Å². The predicted molar refractivity (Wildman–Crippen MR) is 225 cm³/mol. The first kappa shape index (κ1) is 29.5. The molecule has 0 aliphatic heterocycles. The molecule has 7 aromatic carbocycles. The minimum atomic E-state index is 0.920. The lowest BCUT2D eigenvalue weighted by Crippen LogP contribution is -1.91. The van der Waals surface area contributed by atoms with Crippen LogP contribution in [-0.2, 0) is 0 Å². The van der Waals surface area contributed by atoms with Crippen molar-refractivity contribution in [2.24, 2.45) is 0 Å². The first-order chi connectivity index (χ1) is 25.8. The Labute approximate surface area is 307 Å². The maximum absolute atomic E-state index is 4.89. The van der Waals surface area contributed by atoms with E-state index in [1.165, 1.54) is 73.7 Å². The molecular weight excluding hydrogens is 669 g/mol. The molecule has 4 aromatic heterocycles. The molecule has 0 atom stereocenters. The van der Waals surface area contributed by atoms with Crippen LogP contribution >= 0.6 is 22.7 Å². The van der Waals surface area contributed by atoms with Crippen molar-refractivity contribution in [3.63, 3.8) is 0 Å². The number of hydrogen-bond donors (Lipinski definition) is 0. The van der Waals surface area contributed by atoms with Gasteiger partial charge < -0.3 is 0 Å². The van der Waals surface area contributed by atoms with Crippen LogP contribution < -0.4 is 0 Å². The van der Waals surface area contributed by atoms with Gasteiger partial charge >= 0.3 is 0 Å². The summed E-state index contributed by atoms with van der Waals surface area (Å²) in [7, 11) is 0. The van der Waals surface area contributed by atoms with Crippen molar-refractivity contribution in [1.29, 1.82) is 0 Å². The Morgan fingerprint density at radius 1 is 0.288 bits per heavy atom. The summed E-state index contributed by atoms with van der Waals surface area (Å²) in [6.45, 7) is 0. The number of nitrogens with zero attached hydrogens (tertiary/aromatic N) is 2. The predicted octanol–water partition coefficient (Wildman–Crippen LogP) is 14.2. The van der Waals surface area contributed by atoms with E-state index in [0.717, 1.165) is 32.9 Å². The molecular formula is C48H28N2S2. The van der Waals surface area contributed by atoms with E-state index < -0.39 is 0 Å². The first-order valence-electron chi connectivity index (χ1n) is 17.5.